The molecule has 2 N–H and O–H groups in total. The van der Waals surface area contributed by atoms with Gasteiger partial charge in [-0.3, -0.25) is 0 Å². The molecule has 0 aliphatic rings. The van der Waals surface area contributed by atoms with Crippen molar-refractivity contribution in [2.24, 2.45) is 0 Å². The summed E-state index contributed by atoms with van der Waals surface area (Å²) in [6.45, 7) is 3.16. The third-order valence-electron chi connectivity index (χ3n) is 4.03. The van der Waals surface area contributed by atoms with E-state index in [9.17, 15) is 0 Å². The zero-order valence-corrected chi connectivity index (χ0v) is 13.7. The first-order valence-electron chi connectivity index (χ1n) is 8.97. The van der Waals surface area contributed by atoms with Crippen molar-refractivity contribution in [2.45, 2.75) is 109 Å². The van der Waals surface area contributed by atoms with Crippen molar-refractivity contribution >= 4 is 0 Å². The van der Waals surface area contributed by atoms with E-state index >= 15 is 0 Å². The van der Waals surface area contributed by atoms with Crippen molar-refractivity contribution in [1.29, 1.82) is 0 Å². The minimum Gasteiger partial charge on any atom is -0.390 e. The van der Waals surface area contributed by atoms with Crippen LogP contribution in [0.25, 0.3) is 0 Å². The first-order valence-corrected chi connectivity index (χ1v) is 8.97. The van der Waals surface area contributed by atoms with Gasteiger partial charge in [-0.2, -0.15) is 0 Å². The molecule has 1 radical (unpaired) electrons. The van der Waals surface area contributed by atoms with Gasteiger partial charge >= 0.3 is 0 Å². The highest BCUT2D eigenvalue weighted by atomic mass is 16.3. The van der Waals surface area contributed by atoms with Gasteiger partial charge in [0, 0.05) is 0 Å². The number of aliphatic hydroxyl groups excluding tert-OH is 2. The highest BCUT2D eigenvalue weighted by Crippen LogP contribution is 2.13. The third kappa shape index (κ3) is 16.0. The summed E-state index contributed by atoms with van der Waals surface area (Å²) in [6.07, 6.45) is 19.0. The van der Waals surface area contributed by atoms with Crippen LogP contribution < -0.4 is 0 Å². The summed E-state index contributed by atoms with van der Waals surface area (Å²) >= 11 is 0. The van der Waals surface area contributed by atoms with Crippen LogP contribution >= 0.6 is 0 Å². The molecule has 0 saturated heterocycles. The Morgan fingerprint density at radius 3 is 1.35 bits per heavy atom. The van der Waals surface area contributed by atoms with E-state index in [1.54, 1.807) is 0 Å². The fraction of sp³-hybridized carbons (Fsp3) is 0.944. The Morgan fingerprint density at radius 2 is 1.00 bits per heavy atom. The lowest BCUT2D eigenvalue weighted by Crippen LogP contribution is -2.05. The topological polar surface area (TPSA) is 40.5 Å². The summed E-state index contributed by atoms with van der Waals surface area (Å²) in [7, 11) is 0. The van der Waals surface area contributed by atoms with Crippen LogP contribution in [0.4, 0.5) is 0 Å². The van der Waals surface area contributed by atoms with Gasteiger partial charge in [-0.25, -0.2) is 0 Å². The Kier molecular flexibility index (Phi) is 16.9. The standard InChI is InChI=1S/C18H37O2/c1-2-3-4-5-6-7-8-9-10-11-12-13-14-15-16-18(20)17-19/h17-20H,2-16H2,1H3. The van der Waals surface area contributed by atoms with Crippen molar-refractivity contribution in [1.82, 2.24) is 0 Å². The largest absolute Gasteiger partial charge is 0.390 e. The average Bonchev–Trinajstić information content (AvgIpc) is 2.47. The maximum Gasteiger partial charge on any atom is 0.108 e. The van der Waals surface area contributed by atoms with Gasteiger partial charge in [0.1, 0.15) is 6.61 Å². The zero-order chi connectivity index (χ0) is 14.9. The number of rotatable bonds is 16. The molecule has 0 amide bonds. The average molecular weight is 285 g/mol. The molecule has 0 bridgehead atoms. The molecular weight excluding hydrogens is 248 g/mol. The van der Waals surface area contributed by atoms with Gasteiger partial charge in [-0.15, -0.1) is 0 Å². The molecule has 0 fully saturated rings. The van der Waals surface area contributed by atoms with Gasteiger partial charge in [-0.1, -0.05) is 96.8 Å². The van der Waals surface area contributed by atoms with Crippen LogP contribution in [0.5, 0.6) is 0 Å². The zero-order valence-electron chi connectivity index (χ0n) is 13.7. The Bertz CT molecular complexity index is 171. The molecule has 0 aromatic heterocycles. The third-order valence-corrected chi connectivity index (χ3v) is 4.03. The molecule has 2 nitrogen and oxygen atoms in total. The van der Waals surface area contributed by atoms with E-state index < -0.39 is 6.10 Å². The van der Waals surface area contributed by atoms with Crippen LogP contribution in [0.15, 0.2) is 0 Å². The number of hydrogen-bond donors (Lipinski definition) is 2. The van der Waals surface area contributed by atoms with Crippen LogP contribution in [0.3, 0.4) is 0 Å². The molecule has 0 saturated carbocycles. The first kappa shape index (κ1) is 19.9. The van der Waals surface area contributed by atoms with E-state index in [0.717, 1.165) is 13.0 Å². The van der Waals surface area contributed by atoms with E-state index in [4.69, 9.17) is 10.2 Å². The van der Waals surface area contributed by atoms with Crippen molar-refractivity contribution < 1.29 is 10.2 Å². The second kappa shape index (κ2) is 17.0. The van der Waals surface area contributed by atoms with Crippen LogP contribution in [0, 0.1) is 6.61 Å². The Balaban J connectivity index is 2.96. The minimum atomic E-state index is -0.618. The van der Waals surface area contributed by atoms with Gasteiger partial charge in [0.2, 0.25) is 0 Å². The summed E-state index contributed by atoms with van der Waals surface area (Å²) < 4.78 is 0. The lowest BCUT2D eigenvalue weighted by molar-refractivity contribution is 0.133. The predicted octanol–water partition coefficient (Wildman–Crippen LogP) is 5.75. The minimum absolute atomic E-state index is 0.618. The molecule has 0 heterocycles. The molecule has 2 heteroatoms. The highest BCUT2D eigenvalue weighted by Gasteiger charge is 2.01. The Hall–Kier alpha value is -0.0800. The molecule has 0 spiro atoms. The SMILES string of the molecule is CCCCCCCCCCCCCCCCC(O)[CH]O. The maximum absolute atomic E-state index is 9.14. The van der Waals surface area contributed by atoms with Crippen molar-refractivity contribution in [2.75, 3.05) is 0 Å². The molecule has 121 valence electrons. The number of hydrogen-bond acceptors (Lipinski definition) is 2. The van der Waals surface area contributed by atoms with Crippen molar-refractivity contribution in [3.63, 3.8) is 0 Å². The van der Waals surface area contributed by atoms with E-state index in [-0.39, 0.29) is 0 Å². The van der Waals surface area contributed by atoms with Gasteiger partial charge in [0.05, 0.1) is 6.10 Å². The Morgan fingerprint density at radius 1 is 0.650 bits per heavy atom. The van der Waals surface area contributed by atoms with Crippen LogP contribution in [0.1, 0.15) is 103 Å². The van der Waals surface area contributed by atoms with E-state index in [1.807, 2.05) is 0 Å². The van der Waals surface area contributed by atoms with Gasteiger partial charge in [0.15, 0.2) is 0 Å². The molecule has 1 atom stereocenters. The molecule has 20 heavy (non-hydrogen) atoms. The van der Waals surface area contributed by atoms with Crippen molar-refractivity contribution in [3.05, 3.63) is 6.61 Å². The molecular formula is C18H37O2. The second-order valence-electron chi connectivity index (χ2n) is 6.10. The summed E-state index contributed by atoms with van der Waals surface area (Å²) in [5, 5.41) is 17.7. The second-order valence-corrected chi connectivity index (χ2v) is 6.10. The van der Waals surface area contributed by atoms with E-state index in [1.165, 1.54) is 83.5 Å². The van der Waals surface area contributed by atoms with Crippen molar-refractivity contribution in [3.8, 4) is 0 Å². The van der Waals surface area contributed by atoms with Crippen LogP contribution in [-0.2, 0) is 0 Å². The fourth-order valence-electron chi connectivity index (χ4n) is 2.62. The highest BCUT2D eigenvalue weighted by molar-refractivity contribution is 4.62. The summed E-state index contributed by atoms with van der Waals surface area (Å²) in [5.74, 6) is 0. The summed E-state index contributed by atoms with van der Waals surface area (Å²) in [4.78, 5) is 0. The number of unbranched alkanes of at least 4 members (excludes halogenated alkanes) is 13. The lowest BCUT2D eigenvalue weighted by Gasteiger charge is -2.06. The molecule has 0 aliphatic heterocycles. The molecule has 0 aliphatic carbocycles. The normalized spacial score (nSPS) is 12.8. The fourth-order valence-corrected chi connectivity index (χ4v) is 2.62. The molecule has 0 aromatic carbocycles. The lowest BCUT2D eigenvalue weighted by atomic mass is 10.0. The summed E-state index contributed by atoms with van der Waals surface area (Å²) in [6, 6.07) is 0. The molecule has 0 rings (SSSR count). The predicted molar refractivity (Wildman–Crippen MR) is 87.2 cm³/mol. The van der Waals surface area contributed by atoms with Crippen LogP contribution in [-0.4, -0.2) is 16.3 Å². The van der Waals surface area contributed by atoms with Crippen LogP contribution in [0.2, 0.25) is 0 Å². The first-order chi connectivity index (χ1) is 9.81. The molecule has 0 aromatic rings. The Labute approximate surface area is 127 Å². The monoisotopic (exact) mass is 285 g/mol. The molecule has 1 unspecified atom stereocenters. The van der Waals surface area contributed by atoms with Gasteiger partial charge in [-0.05, 0) is 6.42 Å². The van der Waals surface area contributed by atoms with E-state index in [0.29, 0.717) is 6.42 Å². The maximum atomic E-state index is 9.14. The smallest absolute Gasteiger partial charge is 0.108 e. The number of aliphatic hydroxyl groups is 2. The quantitative estimate of drug-likeness (QED) is 0.354. The van der Waals surface area contributed by atoms with E-state index in [2.05, 4.69) is 6.92 Å². The van der Waals surface area contributed by atoms with Gasteiger partial charge < -0.3 is 10.2 Å². The van der Waals surface area contributed by atoms with Gasteiger partial charge in [0.25, 0.3) is 0 Å². The summed E-state index contributed by atoms with van der Waals surface area (Å²) in [5.41, 5.74) is 0.